The molecule has 0 aromatic rings. The number of carbonyl (C=O) groups is 1. The number of piperidine rings is 1. The van der Waals surface area contributed by atoms with E-state index in [4.69, 9.17) is 4.74 Å². The van der Waals surface area contributed by atoms with Gasteiger partial charge in [-0.2, -0.15) is 0 Å². The minimum atomic E-state index is 0. The van der Waals surface area contributed by atoms with Crippen molar-refractivity contribution < 1.29 is 9.53 Å². The molecule has 0 aromatic carbocycles. The summed E-state index contributed by atoms with van der Waals surface area (Å²) in [5.41, 5.74) is 0. The second-order valence-electron chi connectivity index (χ2n) is 3.31. The Morgan fingerprint density at radius 3 is 2.71 bits per heavy atom. The molecule has 0 bridgehead atoms. The van der Waals surface area contributed by atoms with Gasteiger partial charge < -0.3 is 15.4 Å². The SMILES string of the molecule is COCCNC(=O)C1CCNCC1.Cl. The predicted molar refractivity (Wildman–Crippen MR) is 57.7 cm³/mol. The van der Waals surface area contributed by atoms with Crippen LogP contribution in [0.15, 0.2) is 0 Å². The molecule has 0 spiro atoms. The number of amides is 1. The summed E-state index contributed by atoms with van der Waals surface area (Å²) in [6.45, 7) is 3.14. The number of hydrogen-bond acceptors (Lipinski definition) is 3. The maximum atomic E-state index is 11.5. The molecule has 0 atom stereocenters. The maximum Gasteiger partial charge on any atom is 0.223 e. The predicted octanol–water partition coefficient (Wildman–Crippen LogP) is 0.170. The smallest absolute Gasteiger partial charge is 0.223 e. The molecule has 0 aromatic heterocycles. The lowest BCUT2D eigenvalue weighted by molar-refractivity contribution is -0.125. The van der Waals surface area contributed by atoms with E-state index in [1.165, 1.54) is 0 Å². The Bertz CT molecular complexity index is 161. The zero-order valence-corrected chi connectivity index (χ0v) is 9.36. The molecule has 0 saturated carbocycles. The third kappa shape index (κ3) is 4.79. The Balaban J connectivity index is 0.00000169. The molecule has 1 amide bonds. The molecule has 5 heteroatoms. The van der Waals surface area contributed by atoms with Crippen LogP contribution in [0.3, 0.4) is 0 Å². The van der Waals surface area contributed by atoms with E-state index in [1.54, 1.807) is 7.11 Å². The Morgan fingerprint density at radius 2 is 2.14 bits per heavy atom. The maximum absolute atomic E-state index is 11.5. The summed E-state index contributed by atoms with van der Waals surface area (Å²) in [6, 6.07) is 0. The molecular weight excluding hydrogens is 204 g/mol. The zero-order chi connectivity index (χ0) is 9.52. The molecule has 1 aliphatic heterocycles. The van der Waals surface area contributed by atoms with Crippen LogP contribution in [0.5, 0.6) is 0 Å². The van der Waals surface area contributed by atoms with E-state index in [0.29, 0.717) is 13.2 Å². The molecule has 0 unspecified atom stereocenters. The molecule has 1 saturated heterocycles. The van der Waals surface area contributed by atoms with Crippen molar-refractivity contribution >= 4 is 18.3 Å². The van der Waals surface area contributed by atoms with Crippen molar-refractivity contribution in [2.45, 2.75) is 12.8 Å². The molecule has 2 N–H and O–H groups in total. The summed E-state index contributed by atoms with van der Waals surface area (Å²) >= 11 is 0. The number of halogens is 1. The van der Waals surface area contributed by atoms with Crippen molar-refractivity contribution in [3.8, 4) is 0 Å². The highest BCUT2D eigenvalue weighted by molar-refractivity contribution is 5.85. The van der Waals surface area contributed by atoms with Crippen molar-refractivity contribution in [1.29, 1.82) is 0 Å². The first-order valence-electron chi connectivity index (χ1n) is 4.82. The van der Waals surface area contributed by atoms with Crippen molar-refractivity contribution in [3.63, 3.8) is 0 Å². The summed E-state index contributed by atoms with van der Waals surface area (Å²) in [5.74, 6) is 0.386. The van der Waals surface area contributed by atoms with E-state index >= 15 is 0 Å². The van der Waals surface area contributed by atoms with Gasteiger partial charge in [-0.3, -0.25) is 4.79 Å². The Kier molecular flexibility index (Phi) is 7.84. The number of nitrogens with one attached hydrogen (secondary N) is 2. The van der Waals surface area contributed by atoms with Crippen LogP contribution >= 0.6 is 12.4 Å². The summed E-state index contributed by atoms with van der Waals surface area (Å²) in [5, 5.41) is 6.09. The van der Waals surface area contributed by atoms with Gasteiger partial charge in [-0.25, -0.2) is 0 Å². The fraction of sp³-hybridized carbons (Fsp3) is 0.889. The lowest BCUT2D eigenvalue weighted by Crippen LogP contribution is -2.39. The molecule has 0 radical (unpaired) electrons. The third-order valence-corrected chi connectivity index (χ3v) is 2.32. The normalized spacial score (nSPS) is 17.2. The van der Waals surface area contributed by atoms with Gasteiger partial charge in [-0.1, -0.05) is 0 Å². The first-order chi connectivity index (χ1) is 6.34. The number of carbonyl (C=O) groups excluding carboxylic acids is 1. The van der Waals surface area contributed by atoms with Gasteiger partial charge in [0.1, 0.15) is 0 Å². The lowest BCUT2D eigenvalue weighted by atomic mass is 9.97. The van der Waals surface area contributed by atoms with Crippen molar-refractivity contribution in [1.82, 2.24) is 10.6 Å². The standard InChI is InChI=1S/C9H18N2O2.ClH/c1-13-7-6-11-9(12)8-2-4-10-5-3-8;/h8,10H,2-7H2,1H3,(H,11,12);1H. The summed E-state index contributed by atoms with van der Waals surface area (Å²) in [7, 11) is 1.64. The van der Waals surface area contributed by atoms with Gasteiger partial charge in [0.05, 0.1) is 6.61 Å². The Labute approximate surface area is 91.2 Å². The first kappa shape index (κ1) is 13.7. The van der Waals surface area contributed by atoms with Crippen molar-refractivity contribution in [3.05, 3.63) is 0 Å². The molecule has 1 fully saturated rings. The monoisotopic (exact) mass is 222 g/mol. The topological polar surface area (TPSA) is 50.4 Å². The van der Waals surface area contributed by atoms with Crippen LogP contribution in [0.4, 0.5) is 0 Å². The summed E-state index contributed by atoms with van der Waals surface area (Å²) in [6.07, 6.45) is 1.91. The lowest BCUT2D eigenvalue weighted by Gasteiger charge is -2.21. The number of ether oxygens (including phenoxy) is 1. The second kappa shape index (κ2) is 8.03. The van der Waals surface area contributed by atoms with E-state index < -0.39 is 0 Å². The molecule has 1 rings (SSSR count). The van der Waals surface area contributed by atoms with Gasteiger partial charge in [0.25, 0.3) is 0 Å². The van der Waals surface area contributed by atoms with Crippen molar-refractivity contribution in [2.24, 2.45) is 5.92 Å². The van der Waals surface area contributed by atoms with Gasteiger partial charge in [0, 0.05) is 19.6 Å². The molecule has 0 aliphatic carbocycles. The number of rotatable bonds is 4. The molecule has 1 heterocycles. The van der Waals surface area contributed by atoms with E-state index in [9.17, 15) is 4.79 Å². The fourth-order valence-corrected chi connectivity index (χ4v) is 1.50. The van der Waals surface area contributed by atoms with Crippen LogP contribution in [0, 0.1) is 5.92 Å². The Morgan fingerprint density at radius 1 is 1.50 bits per heavy atom. The summed E-state index contributed by atoms with van der Waals surface area (Å²) < 4.78 is 4.85. The van der Waals surface area contributed by atoms with Crippen LogP contribution in [0.2, 0.25) is 0 Å². The summed E-state index contributed by atoms with van der Waals surface area (Å²) in [4.78, 5) is 11.5. The minimum Gasteiger partial charge on any atom is -0.383 e. The fourth-order valence-electron chi connectivity index (χ4n) is 1.50. The Hall–Kier alpha value is -0.320. The van der Waals surface area contributed by atoms with E-state index in [2.05, 4.69) is 10.6 Å². The number of methoxy groups -OCH3 is 1. The van der Waals surface area contributed by atoms with Gasteiger partial charge in [-0.15, -0.1) is 12.4 Å². The average molecular weight is 223 g/mol. The van der Waals surface area contributed by atoms with Gasteiger partial charge in [-0.05, 0) is 25.9 Å². The van der Waals surface area contributed by atoms with Crippen molar-refractivity contribution in [2.75, 3.05) is 33.4 Å². The van der Waals surface area contributed by atoms with Crippen LogP contribution in [-0.2, 0) is 9.53 Å². The van der Waals surface area contributed by atoms with E-state index in [1.807, 2.05) is 0 Å². The van der Waals surface area contributed by atoms with Gasteiger partial charge in [0.15, 0.2) is 0 Å². The largest absolute Gasteiger partial charge is 0.383 e. The van der Waals surface area contributed by atoms with E-state index in [0.717, 1.165) is 25.9 Å². The third-order valence-electron chi connectivity index (χ3n) is 2.32. The zero-order valence-electron chi connectivity index (χ0n) is 8.54. The van der Waals surface area contributed by atoms with Gasteiger partial charge in [0.2, 0.25) is 5.91 Å². The molecule has 14 heavy (non-hydrogen) atoms. The van der Waals surface area contributed by atoms with Crippen LogP contribution in [0.25, 0.3) is 0 Å². The van der Waals surface area contributed by atoms with Crippen LogP contribution < -0.4 is 10.6 Å². The van der Waals surface area contributed by atoms with Crippen LogP contribution in [-0.4, -0.2) is 39.3 Å². The molecular formula is C9H19ClN2O2. The molecule has 84 valence electrons. The average Bonchev–Trinajstić information content (AvgIpc) is 2.19. The highest BCUT2D eigenvalue weighted by Gasteiger charge is 2.19. The first-order valence-corrected chi connectivity index (χ1v) is 4.82. The number of hydrogen-bond donors (Lipinski definition) is 2. The minimum absolute atomic E-state index is 0. The van der Waals surface area contributed by atoms with E-state index in [-0.39, 0.29) is 24.2 Å². The second-order valence-corrected chi connectivity index (χ2v) is 3.31. The quantitative estimate of drug-likeness (QED) is 0.667. The highest BCUT2D eigenvalue weighted by atomic mass is 35.5. The highest BCUT2D eigenvalue weighted by Crippen LogP contribution is 2.10. The van der Waals surface area contributed by atoms with Gasteiger partial charge >= 0.3 is 0 Å². The molecule has 1 aliphatic rings. The molecule has 4 nitrogen and oxygen atoms in total. The van der Waals surface area contributed by atoms with Crippen LogP contribution in [0.1, 0.15) is 12.8 Å².